The Labute approximate surface area is 179 Å². The number of methoxy groups -OCH3 is 1. The van der Waals surface area contributed by atoms with Crippen molar-refractivity contribution in [1.82, 2.24) is 5.32 Å². The van der Waals surface area contributed by atoms with Crippen LogP contribution in [-0.2, 0) is 33.4 Å². The summed E-state index contributed by atoms with van der Waals surface area (Å²) in [5.41, 5.74) is 5.57. The molecule has 28 heavy (non-hydrogen) atoms. The number of rotatable bonds is 13. The first kappa shape index (κ1) is 28.7. The van der Waals surface area contributed by atoms with Gasteiger partial charge in [0.2, 0.25) is 5.91 Å². The highest BCUT2D eigenvalue weighted by molar-refractivity contribution is 8.13. The molecule has 0 heterocycles. The Balaban J connectivity index is 0. The van der Waals surface area contributed by atoms with Gasteiger partial charge in [0.1, 0.15) is 6.04 Å². The van der Waals surface area contributed by atoms with Crippen molar-refractivity contribution >= 4 is 40.5 Å². The van der Waals surface area contributed by atoms with E-state index in [0.29, 0.717) is 6.42 Å². The fraction of sp³-hybridized carbons (Fsp3) is 0.706. The van der Waals surface area contributed by atoms with Gasteiger partial charge in [0.25, 0.3) is 0 Å². The Bertz CT molecular complexity index is 546. The first-order valence-corrected chi connectivity index (χ1v) is 9.70. The van der Waals surface area contributed by atoms with Crippen LogP contribution in [0.15, 0.2) is 0 Å². The fourth-order valence-electron chi connectivity index (χ4n) is 1.95. The molecule has 2 unspecified atom stereocenters. The summed E-state index contributed by atoms with van der Waals surface area (Å²) in [6, 6.07) is -1.85. The summed E-state index contributed by atoms with van der Waals surface area (Å²) < 4.78 is 9.25. The zero-order chi connectivity index (χ0) is 20.8. The van der Waals surface area contributed by atoms with Crippen LogP contribution in [-0.4, -0.2) is 60.3 Å². The molecule has 0 aromatic carbocycles. The number of ketones is 1. The maximum absolute atomic E-state index is 12.3. The molecule has 0 spiro atoms. The number of halogens is 1. The molecule has 1 amide bonds. The SMILES string of the molecule is CCOC(=O)CCC(=O)C(CSC(=O)CC)NC(=O)CCC(N)C(=O)OC.[Br-]. The maximum atomic E-state index is 12.3. The van der Waals surface area contributed by atoms with Crippen molar-refractivity contribution in [2.24, 2.45) is 5.73 Å². The molecule has 3 N–H and O–H groups in total. The van der Waals surface area contributed by atoms with Crippen molar-refractivity contribution in [3.05, 3.63) is 0 Å². The summed E-state index contributed by atoms with van der Waals surface area (Å²) in [4.78, 5) is 58.5. The summed E-state index contributed by atoms with van der Waals surface area (Å²) in [7, 11) is 1.20. The summed E-state index contributed by atoms with van der Waals surface area (Å²) in [6.07, 6.45) is 0.0783. The highest BCUT2D eigenvalue weighted by Crippen LogP contribution is 2.11. The van der Waals surface area contributed by atoms with Crippen molar-refractivity contribution < 1.29 is 50.4 Å². The molecule has 0 bridgehead atoms. The van der Waals surface area contributed by atoms with Gasteiger partial charge in [-0.3, -0.25) is 24.0 Å². The fourth-order valence-corrected chi connectivity index (χ4v) is 2.77. The average Bonchev–Trinajstić information content (AvgIpc) is 2.66. The summed E-state index contributed by atoms with van der Waals surface area (Å²) in [5, 5.41) is 2.43. The van der Waals surface area contributed by atoms with Gasteiger partial charge in [-0.05, 0) is 13.3 Å². The quantitative estimate of drug-likeness (QED) is 0.268. The molecule has 0 aromatic heterocycles. The van der Waals surface area contributed by atoms with E-state index >= 15 is 0 Å². The van der Waals surface area contributed by atoms with E-state index < -0.39 is 29.9 Å². The standard InChI is InChI=1S/C17H28N2O7S.BrH/c1-4-16(23)27-10-12(13(20)7-9-15(22)26-5-2)19-14(21)8-6-11(18)17(24)25-3;/h11-12H,4-10,18H2,1-3H3,(H,19,21);1H/p-1. The second-order valence-corrected chi connectivity index (χ2v) is 6.67. The minimum Gasteiger partial charge on any atom is -1.00 e. The van der Waals surface area contributed by atoms with Crippen LogP contribution in [0.4, 0.5) is 0 Å². The van der Waals surface area contributed by atoms with Gasteiger partial charge in [0.15, 0.2) is 10.9 Å². The van der Waals surface area contributed by atoms with Crippen molar-refractivity contribution in [3.63, 3.8) is 0 Å². The number of carbonyl (C=O) groups excluding carboxylic acids is 5. The van der Waals surface area contributed by atoms with Crippen molar-refractivity contribution in [3.8, 4) is 0 Å². The molecule has 2 atom stereocenters. The van der Waals surface area contributed by atoms with Gasteiger partial charge < -0.3 is 37.5 Å². The number of ether oxygens (including phenoxy) is 2. The molecule has 0 aliphatic rings. The van der Waals surface area contributed by atoms with Crippen LogP contribution < -0.4 is 28.0 Å². The molecule has 0 saturated carbocycles. The Morgan fingerprint density at radius 1 is 1.07 bits per heavy atom. The molecule has 0 saturated heterocycles. The van der Waals surface area contributed by atoms with Crippen molar-refractivity contribution in [2.45, 2.75) is 58.0 Å². The predicted octanol–water partition coefficient (Wildman–Crippen LogP) is -2.66. The van der Waals surface area contributed by atoms with Gasteiger partial charge in [-0.15, -0.1) is 0 Å². The minimum atomic E-state index is -0.935. The van der Waals surface area contributed by atoms with E-state index in [-0.39, 0.29) is 65.9 Å². The van der Waals surface area contributed by atoms with Crippen LogP contribution in [0.5, 0.6) is 0 Å². The van der Waals surface area contributed by atoms with Crippen LogP contribution >= 0.6 is 11.8 Å². The maximum Gasteiger partial charge on any atom is 0.322 e. The number of thioether (sulfide) groups is 1. The first-order valence-electron chi connectivity index (χ1n) is 8.71. The molecule has 162 valence electrons. The number of nitrogens with two attached hydrogens (primary N) is 1. The lowest BCUT2D eigenvalue weighted by molar-refractivity contribution is -0.144. The second-order valence-electron chi connectivity index (χ2n) is 5.60. The van der Waals surface area contributed by atoms with E-state index in [2.05, 4.69) is 10.1 Å². The van der Waals surface area contributed by atoms with Gasteiger partial charge in [-0.2, -0.15) is 0 Å². The molecular weight excluding hydrogens is 456 g/mol. The molecule has 0 radical (unpaired) electrons. The van der Waals surface area contributed by atoms with Gasteiger partial charge in [-0.25, -0.2) is 0 Å². The molecule has 11 heteroatoms. The number of nitrogens with one attached hydrogen (secondary N) is 1. The lowest BCUT2D eigenvalue weighted by Crippen LogP contribution is -3.00. The highest BCUT2D eigenvalue weighted by atomic mass is 79.9. The van der Waals surface area contributed by atoms with Crippen LogP contribution in [0, 0.1) is 0 Å². The molecule has 0 fully saturated rings. The number of carbonyl (C=O) groups is 5. The van der Waals surface area contributed by atoms with E-state index in [1.807, 2.05) is 0 Å². The first-order chi connectivity index (χ1) is 12.7. The highest BCUT2D eigenvalue weighted by Gasteiger charge is 2.23. The van der Waals surface area contributed by atoms with E-state index in [9.17, 15) is 24.0 Å². The zero-order valence-corrected chi connectivity index (χ0v) is 18.7. The van der Waals surface area contributed by atoms with Gasteiger partial charge in [0.05, 0.1) is 26.2 Å². The van der Waals surface area contributed by atoms with E-state index in [4.69, 9.17) is 10.5 Å². The van der Waals surface area contributed by atoms with Gasteiger partial charge in [-0.1, -0.05) is 18.7 Å². The van der Waals surface area contributed by atoms with Gasteiger partial charge >= 0.3 is 11.9 Å². The Morgan fingerprint density at radius 3 is 2.25 bits per heavy atom. The largest absolute Gasteiger partial charge is 1.00 e. The lowest BCUT2D eigenvalue weighted by Gasteiger charge is -2.17. The molecule has 0 aliphatic carbocycles. The minimum absolute atomic E-state index is 0. The van der Waals surface area contributed by atoms with Crippen LogP contribution in [0.25, 0.3) is 0 Å². The average molecular weight is 484 g/mol. The van der Waals surface area contributed by atoms with Crippen molar-refractivity contribution in [1.29, 1.82) is 0 Å². The third kappa shape index (κ3) is 12.8. The Morgan fingerprint density at radius 2 is 1.71 bits per heavy atom. The number of hydrogen-bond acceptors (Lipinski definition) is 9. The smallest absolute Gasteiger partial charge is 0.322 e. The van der Waals surface area contributed by atoms with Crippen molar-refractivity contribution in [2.75, 3.05) is 19.5 Å². The summed E-state index contributed by atoms with van der Waals surface area (Å²) in [5.74, 6) is -1.91. The van der Waals surface area contributed by atoms with Crippen LogP contribution in [0.2, 0.25) is 0 Å². The topological polar surface area (TPSA) is 142 Å². The predicted molar refractivity (Wildman–Crippen MR) is 99.8 cm³/mol. The number of amides is 1. The molecular formula is C17H28BrN2O7S-. The summed E-state index contributed by atoms with van der Waals surface area (Å²) >= 11 is 0.943. The Kier molecular flexibility index (Phi) is 16.9. The third-order valence-corrected chi connectivity index (χ3v) is 4.60. The third-order valence-electron chi connectivity index (χ3n) is 3.49. The lowest BCUT2D eigenvalue weighted by atomic mass is 10.1. The van der Waals surface area contributed by atoms with E-state index in [1.54, 1.807) is 13.8 Å². The van der Waals surface area contributed by atoms with E-state index in [1.165, 1.54) is 7.11 Å². The monoisotopic (exact) mass is 483 g/mol. The molecule has 0 aromatic rings. The number of hydrogen-bond donors (Lipinski definition) is 2. The van der Waals surface area contributed by atoms with E-state index in [0.717, 1.165) is 11.8 Å². The normalized spacial score (nSPS) is 12.1. The second kappa shape index (κ2) is 16.5. The molecule has 9 nitrogen and oxygen atoms in total. The number of esters is 2. The molecule has 0 rings (SSSR count). The Hall–Kier alpha value is -1.46. The number of Topliss-reactive ketones (excluding diaryl/α,β-unsaturated/α-hetero) is 1. The van der Waals surface area contributed by atoms with Gasteiger partial charge in [0, 0.05) is 25.0 Å². The van der Waals surface area contributed by atoms with Crippen LogP contribution in [0.1, 0.15) is 46.0 Å². The summed E-state index contributed by atoms with van der Waals surface area (Å²) in [6.45, 7) is 3.57. The molecule has 0 aliphatic heterocycles. The van der Waals surface area contributed by atoms with Crippen LogP contribution in [0.3, 0.4) is 0 Å². The zero-order valence-electron chi connectivity index (χ0n) is 16.3.